The van der Waals surface area contributed by atoms with Crippen molar-refractivity contribution in [2.75, 3.05) is 12.4 Å². The summed E-state index contributed by atoms with van der Waals surface area (Å²) in [5.74, 6) is 0.694. The average Bonchev–Trinajstić information content (AvgIpc) is 2.50. The summed E-state index contributed by atoms with van der Waals surface area (Å²) in [6.07, 6.45) is 3.21. The lowest BCUT2D eigenvalue weighted by Crippen LogP contribution is -1.97. The van der Waals surface area contributed by atoms with E-state index < -0.39 is 0 Å². The van der Waals surface area contributed by atoms with Gasteiger partial charge in [-0.05, 0) is 55.3 Å². The highest BCUT2D eigenvalue weighted by atomic mass is 16.5. The van der Waals surface area contributed by atoms with Crippen LogP contribution in [0, 0.1) is 13.8 Å². The van der Waals surface area contributed by atoms with Gasteiger partial charge in [0.05, 0.1) is 7.11 Å². The number of aryl methyl sites for hydroxylation is 2. The number of allylic oxidation sites excluding steroid dienone is 1. The first-order valence-electron chi connectivity index (χ1n) is 6.79. The van der Waals surface area contributed by atoms with Crippen molar-refractivity contribution in [1.29, 1.82) is 0 Å². The van der Waals surface area contributed by atoms with Crippen LogP contribution in [-0.2, 0) is 0 Å². The molecule has 3 heteroatoms. The molecule has 108 valence electrons. The molecule has 0 spiro atoms. The lowest BCUT2D eigenvalue weighted by molar-refractivity contribution is 0.104. The van der Waals surface area contributed by atoms with E-state index in [1.807, 2.05) is 13.8 Å². The summed E-state index contributed by atoms with van der Waals surface area (Å²) in [5.41, 5.74) is 3.96. The SMILES string of the molecule is COc1ccc(C(=O)/C=C/Nc2cc(C)ccc2C)cc1. The minimum atomic E-state index is -0.0459. The summed E-state index contributed by atoms with van der Waals surface area (Å²) in [4.78, 5) is 12.0. The quantitative estimate of drug-likeness (QED) is 0.662. The van der Waals surface area contributed by atoms with Crippen molar-refractivity contribution in [2.24, 2.45) is 0 Å². The maximum absolute atomic E-state index is 12.0. The highest BCUT2D eigenvalue weighted by Gasteiger charge is 2.02. The number of hydrogen-bond acceptors (Lipinski definition) is 3. The van der Waals surface area contributed by atoms with Gasteiger partial charge in [-0.25, -0.2) is 0 Å². The molecule has 0 saturated heterocycles. The first-order valence-corrected chi connectivity index (χ1v) is 6.79. The van der Waals surface area contributed by atoms with E-state index in [0.717, 1.165) is 17.0 Å². The predicted molar refractivity (Wildman–Crippen MR) is 86.0 cm³/mol. The molecule has 3 nitrogen and oxygen atoms in total. The van der Waals surface area contributed by atoms with Crippen molar-refractivity contribution in [2.45, 2.75) is 13.8 Å². The molecule has 0 aliphatic carbocycles. The normalized spacial score (nSPS) is 10.6. The van der Waals surface area contributed by atoms with Crippen LogP contribution in [0.25, 0.3) is 0 Å². The van der Waals surface area contributed by atoms with Gasteiger partial charge >= 0.3 is 0 Å². The number of anilines is 1. The molecule has 0 bridgehead atoms. The van der Waals surface area contributed by atoms with Crippen molar-refractivity contribution in [3.63, 3.8) is 0 Å². The maximum Gasteiger partial charge on any atom is 0.187 e. The number of ether oxygens (including phenoxy) is 1. The van der Waals surface area contributed by atoms with Gasteiger partial charge in [0, 0.05) is 23.5 Å². The molecule has 0 unspecified atom stereocenters. The number of carbonyl (C=O) groups excluding carboxylic acids is 1. The molecule has 2 aromatic rings. The van der Waals surface area contributed by atoms with E-state index in [2.05, 4.69) is 23.5 Å². The van der Waals surface area contributed by atoms with Gasteiger partial charge in [0.1, 0.15) is 5.75 Å². The van der Waals surface area contributed by atoms with Crippen molar-refractivity contribution in [1.82, 2.24) is 0 Å². The number of hydrogen-bond donors (Lipinski definition) is 1. The lowest BCUT2D eigenvalue weighted by Gasteiger charge is -2.06. The molecule has 0 amide bonds. The molecule has 1 N–H and O–H groups in total. The summed E-state index contributed by atoms with van der Waals surface area (Å²) < 4.78 is 5.07. The largest absolute Gasteiger partial charge is 0.497 e. The topological polar surface area (TPSA) is 38.3 Å². The second-order valence-electron chi connectivity index (χ2n) is 4.89. The van der Waals surface area contributed by atoms with Gasteiger partial charge < -0.3 is 10.1 Å². The zero-order chi connectivity index (χ0) is 15.2. The fourth-order valence-corrected chi connectivity index (χ4v) is 1.95. The van der Waals surface area contributed by atoms with Gasteiger partial charge in [-0.15, -0.1) is 0 Å². The van der Waals surface area contributed by atoms with Crippen LogP contribution in [0.1, 0.15) is 21.5 Å². The van der Waals surface area contributed by atoms with Gasteiger partial charge in [-0.3, -0.25) is 4.79 Å². The average molecular weight is 281 g/mol. The monoisotopic (exact) mass is 281 g/mol. The number of rotatable bonds is 5. The summed E-state index contributed by atoms with van der Waals surface area (Å²) >= 11 is 0. The second kappa shape index (κ2) is 6.75. The van der Waals surface area contributed by atoms with Crippen molar-refractivity contribution in [3.8, 4) is 5.75 Å². The number of nitrogens with one attached hydrogen (secondary N) is 1. The number of methoxy groups -OCH3 is 1. The molecule has 21 heavy (non-hydrogen) atoms. The Bertz CT molecular complexity index is 657. The molecule has 0 aliphatic rings. The molecule has 0 heterocycles. The molecular weight excluding hydrogens is 262 g/mol. The van der Waals surface area contributed by atoms with Crippen LogP contribution in [0.5, 0.6) is 5.75 Å². The van der Waals surface area contributed by atoms with Crippen LogP contribution in [0.3, 0.4) is 0 Å². The van der Waals surface area contributed by atoms with Crippen LogP contribution < -0.4 is 10.1 Å². The fourth-order valence-electron chi connectivity index (χ4n) is 1.95. The first-order chi connectivity index (χ1) is 10.1. The van der Waals surface area contributed by atoms with E-state index in [-0.39, 0.29) is 5.78 Å². The third kappa shape index (κ3) is 3.96. The number of benzene rings is 2. The third-order valence-electron chi connectivity index (χ3n) is 3.24. The fraction of sp³-hybridized carbons (Fsp3) is 0.167. The molecule has 0 aliphatic heterocycles. The Labute approximate surface area is 125 Å². The van der Waals surface area contributed by atoms with Crippen molar-refractivity contribution in [3.05, 3.63) is 71.4 Å². The molecule has 0 fully saturated rings. The zero-order valence-corrected chi connectivity index (χ0v) is 12.5. The molecule has 0 atom stereocenters. The summed E-state index contributed by atoms with van der Waals surface area (Å²) in [6.45, 7) is 4.07. The van der Waals surface area contributed by atoms with E-state index in [0.29, 0.717) is 5.56 Å². The Morgan fingerprint density at radius 2 is 1.81 bits per heavy atom. The first kappa shape index (κ1) is 14.9. The predicted octanol–water partition coefficient (Wildman–Crippen LogP) is 4.12. The molecule has 0 radical (unpaired) electrons. The van der Waals surface area contributed by atoms with Gasteiger partial charge in [0.25, 0.3) is 0 Å². The van der Waals surface area contributed by atoms with E-state index in [1.54, 1.807) is 37.6 Å². The Hall–Kier alpha value is -2.55. The smallest absolute Gasteiger partial charge is 0.187 e. The molecule has 0 aromatic heterocycles. The Morgan fingerprint density at radius 1 is 1.10 bits per heavy atom. The summed E-state index contributed by atoms with van der Waals surface area (Å²) in [5, 5.41) is 3.15. The highest BCUT2D eigenvalue weighted by Crippen LogP contribution is 2.16. The molecule has 2 aromatic carbocycles. The second-order valence-corrected chi connectivity index (χ2v) is 4.89. The van der Waals surface area contributed by atoms with Crippen molar-refractivity contribution >= 4 is 11.5 Å². The van der Waals surface area contributed by atoms with Crippen LogP contribution in [0.4, 0.5) is 5.69 Å². The Kier molecular flexibility index (Phi) is 4.77. The maximum atomic E-state index is 12.0. The zero-order valence-electron chi connectivity index (χ0n) is 12.5. The lowest BCUT2D eigenvalue weighted by atomic mass is 10.1. The van der Waals surface area contributed by atoms with Gasteiger partial charge in [-0.2, -0.15) is 0 Å². The van der Waals surface area contributed by atoms with Crippen LogP contribution in [-0.4, -0.2) is 12.9 Å². The van der Waals surface area contributed by atoms with Crippen LogP contribution >= 0.6 is 0 Å². The molecule has 2 rings (SSSR count). The minimum Gasteiger partial charge on any atom is -0.497 e. The Balaban J connectivity index is 2.03. The summed E-state index contributed by atoms with van der Waals surface area (Å²) in [6, 6.07) is 13.2. The van der Waals surface area contributed by atoms with E-state index in [4.69, 9.17) is 4.74 Å². The van der Waals surface area contributed by atoms with Gasteiger partial charge in [-0.1, -0.05) is 12.1 Å². The van der Waals surface area contributed by atoms with Crippen molar-refractivity contribution < 1.29 is 9.53 Å². The van der Waals surface area contributed by atoms with E-state index in [1.165, 1.54) is 11.6 Å². The van der Waals surface area contributed by atoms with E-state index in [9.17, 15) is 4.79 Å². The standard InChI is InChI=1S/C18H19NO2/c1-13-4-5-14(2)17(12-13)19-11-10-18(20)15-6-8-16(21-3)9-7-15/h4-12,19H,1-3H3/b11-10+. The van der Waals surface area contributed by atoms with Crippen LogP contribution in [0.15, 0.2) is 54.7 Å². The van der Waals surface area contributed by atoms with E-state index >= 15 is 0 Å². The highest BCUT2D eigenvalue weighted by molar-refractivity contribution is 6.04. The molecule has 0 saturated carbocycles. The van der Waals surface area contributed by atoms with Crippen LogP contribution in [0.2, 0.25) is 0 Å². The Morgan fingerprint density at radius 3 is 2.48 bits per heavy atom. The summed E-state index contributed by atoms with van der Waals surface area (Å²) in [7, 11) is 1.60. The molecular formula is C18H19NO2. The number of carbonyl (C=O) groups is 1. The van der Waals surface area contributed by atoms with Gasteiger partial charge in [0.2, 0.25) is 0 Å². The number of ketones is 1. The minimum absolute atomic E-state index is 0.0459. The van der Waals surface area contributed by atoms with Gasteiger partial charge in [0.15, 0.2) is 5.78 Å². The third-order valence-corrected chi connectivity index (χ3v) is 3.24.